The maximum Gasteiger partial charge on any atom is 0.148 e. The van der Waals surface area contributed by atoms with Gasteiger partial charge in [0.1, 0.15) is 10.7 Å². The number of hydrogen-bond acceptors (Lipinski definition) is 6. The van der Waals surface area contributed by atoms with Crippen molar-refractivity contribution in [1.29, 1.82) is 0 Å². The van der Waals surface area contributed by atoms with Crippen LogP contribution in [0.15, 0.2) is 28.7 Å². The lowest BCUT2D eigenvalue weighted by atomic mass is 10.2. The largest absolute Gasteiger partial charge is 0.313 e. The number of hydrazine groups is 1. The van der Waals surface area contributed by atoms with Crippen LogP contribution in [-0.2, 0) is 13.1 Å². The molecule has 5 nitrogen and oxygen atoms in total. The van der Waals surface area contributed by atoms with Crippen LogP contribution >= 0.6 is 27.5 Å². The Morgan fingerprint density at radius 1 is 1.44 bits per heavy atom. The van der Waals surface area contributed by atoms with Crippen LogP contribution < -0.4 is 11.3 Å². The normalized spacial score (nSPS) is 10.9. The van der Waals surface area contributed by atoms with Crippen LogP contribution in [0.1, 0.15) is 11.3 Å². The molecule has 0 aliphatic rings. The third-order valence-electron chi connectivity index (χ3n) is 2.45. The quantitative estimate of drug-likeness (QED) is 0.651. The van der Waals surface area contributed by atoms with Crippen LogP contribution in [-0.4, -0.2) is 21.5 Å². The Hall–Kier alpha value is -1.02. The van der Waals surface area contributed by atoms with Crippen LogP contribution in [0, 0.1) is 0 Å². The average molecular weight is 328 g/mol. The van der Waals surface area contributed by atoms with E-state index in [1.165, 1.54) is 17.1 Å². The predicted molar refractivity (Wildman–Crippen MR) is 77.0 cm³/mol. The van der Waals surface area contributed by atoms with E-state index in [0.717, 1.165) is 21.7 Å². The first-order chi connectivity index (χ1) is 8.69. The van der Waals surface area contributed by atoms with Gasteiger partial charge in [0.05, 0.1) is 0 Å². The lowest BCUT2D eigenvalue weighted by molar-refractivity contribution is 0.315. The van der Waals surface area contributed by atoms with Gasteiger partial charge in [0.2, 0.25) is 0 Å². The molecule has 0 saturated carbocycles. The molecule has 0 radical (unpaired) electrons. The fourth-order valence-electron chi connectivity index (χ4n) is 1.68. The van der Waals surface area contributed by atoms with Crippen molar-refractivity contribution in [3.05, 3.63) is 40.0 Å². The van der Waals surface area contributed by atoms with Crippen LogP contribution in [0.4, 0.5) is 5.00 Å². The lowest BCUT2D eigenvalue weighted by Gasteiger charge is -2.15. The molecule has 1 aromatic carbocycles. The zero-order chi connectivity index (χ0) is 13.0. The van der Waals surface area contributed by atoms with E-state index < -0.39 is 0 Å². The molecule has 1 aromatic heterocycles. The highest BCUT2D eigenvalue weighted by atomic mass is 79.9. The number of nitrogens with one attached hydrogen (secondary N) is 1. The van der Waals surface area contributed by atoms with Crippen molar-refractivity contribution in [1.82, 2.24) is 14.5 Å². The summed E-state index contributed by atoms with van der Waals surface area (Å²) in [5, 5.41) is 4.88. The molecule has 18 heavy (non-hydrogen) atoms. The van der Waals surface area contributed by atoms with E-state index in [1.54, 1.807) is 0 Å². The molecule has 0 aliphatic heterocycles. The Morgan fingerprint density at radius 3 is 3.00 bits per heavy atom. The molecule has 2 rings (SSSR count). The molecule has 0 unspecified atom stereocenters. The van der Waals surface area contributed by atoms with Gasteiger partial charge in [0, 0.05) is 29.1 Å². The summed E-state index contributed by atoms with van der Waals surface area (Å²) >= 11 is 4.74. The first kappa shape index (κ1) is 13.4. The molecular weight excluding hydrogens is 314 g/mol. The predicted octanol–water partition coefficient (Wildman–Crippen LogP) is 2.22. The summed E-state index contributed by atoms with van der Waals surface area (Å²) < 4.78 is 4.97. The van der Waals surface area contributed by atoms with Gasteiger partial charge in [-0.15, -0.1) is 5.10 Å². The first-order valence-electron chi connectivity index (χ1n) is 5.40. The summed E-state index contributed by atoms with van der Waals surface area (Å²) in [5.74, 6) is 5.40. The van der Waals surface area contributed by atoms with Crippen LogP contribution in [0.5, 0.6) is 0 Å². The summed E-state index contributed by atoms with van der Waals surface area (Å²) in [5.41, 5.74) is 4.74. The summed E-state index contributed by atoms with van der Waals surface area (Å²) in [6, 6.07) is 8.26. The van der Waals surface area contributed by atoms with Gasteiger partial charge in [-0.05, 0) is 24.7 Å². The molecule has 0 spiro atoms. The molecule has 3 N–H and O–H groups in total. The Balaban J connectivity index is 1.98. The van der Waals surface area contributed by atoms with E-state index in [9.17, 15) is 0 Å². The van der Waals surface area contributed by atoms with Crippen molar-refractivity contribution in [3.63, 3.8) is 0 Å². The van der Waals surface area contributed by atoms with Gasteiger partial charge in [-0.2, -0.15) is 0 Å². The van der Waals surface area contributed by atoms with E-state index >= 15 is 0 Å². The summed E-state index contributed by atoms with van der Waals surface area (Å²) in [4.78, 5) is 2.17. The average Bonchev–Trinajstić information content (AvgIpc) is 2.76. The molecule has 1 heterocycles. The molecule has 7 heteroatoms. The lowest BCUT2D eigenvalue weighted by Crippen LogP contribution is -2.19. The van der Waals surface area contributed by atoms with Crippen molar-refractivity contribution >= 4 is 32.5 Å². The maximum absolute atomic E-state index is 5.40. The maximum atomic E-state index is 5.40. The Kier molecular flexibility index (Phi) is 4.65. The van der Waals surface area contributed by atoms with Gasteiger partial charge in [-0.3, -0.25) is 4.90 Å². The fraction of sp³-hybridized carbons (Fsp3) is 0.273. The van der Waals surface area contributed by atoms with E-state index in [-0.39, 0.29) is 0 Å². The van der Waals surface area contributed by atoms with Crippen LogP contribution in [0.3, 0.4) is 0 Å². The number of anilines is 1. The number of hydrogen-bond donors (Lipinski definition) is 2. The van der Waals surface area contributed by atoms with Gasteiger partial charge in [0.25, 0.3) is 0 Å². The van der Waals surface area contributed by atoms with Crippen LogP contribution in [0.2, 0.25) is 0 Å². The molecule has 0 fully saturated rings. The van der Waals surface area contributed by atoms with E-state index in [2.05, 4.69) is 48.0 Å². The van der Waals surface area contributed by atoms with Gasteiger partial charge in [0.15, 0.2) is 0 Å². The minimum absolute atomic E-state index is 0.711. The third kappa shape index (κ3) is 3.49. The van der Waals surface area contributed by atoms with E-state index in [1.807, 2.05) is 19.2 Å². The number of aromatic nitrogens is 2. The Bertz CT molecular complexity index is 516. The zero-order valence-electron chi connectivity index (χ0n) is 9.93. The zero-order valence-corrected chi connectivity index (χ0v) is 12.3. The monoisotopic (exact) mass is 327 g/mol. The second-order valence-electron chi connectivity index (χ2n) is 4.00. The van der Waals surface area contributed by atoms with Crippen molar-refractivity contribution < 1.29 is 0 Å². The second kappa shape index (κ2) is 6.24. The van der Waals surface area contributed by atoms with Crippen molar-refractivity contribution in [3.8, 4) is 0 Å². The second-order valence-corrected chi connectivity index (χ2v) is 5.67. The number of nitrogens with zero attached hydrogens (tertiary/aromatic N) is 3. The molecule has 0 saturated heterocycles. The highest BCUT2D eigenvalue weighted by Crippen LogP contribution is 2.19. The summed E-state index contributed by atoms with van der Waals surface area (Å²) in [7, 11) is 2.04. The number of halogens is 1. The third-order valence-corrected chi connectivity index (χ3v) is 3.64. The molecule has 0 bridgehead atoms. The molecule has 96 valence electrons. The molecule has 0 amide bonds. The summed E-state index contributed by atoms with van der Waals surface area (Å²) in [6.07, 6.45) is 0. The topological polar surface area (TPSA) is 67.1 Å². The minimum Gasteiger partial charge on any atom is -0.313 e. The highest BCUT2D eigenvalue weighted by molar-refractivity contribution is 9.10. The highest BCUT2D eigenvalue weighted by Gasteiger charge is 2.09. The van der Waals surface area contributed by atoms with Gasteiger partial charge < -0.3 is 5.43 Å². The smallest absolute Gasteiger partial charge is 0.148 e. The SMILES string of the molecule is CN(Cc1cccc(Br)c1)Cc1nnsc1NN. The van der Waals surface area contributed by atoms with Crippen molar-refractivity contribution in [2.45, 2.75) is 13.1 Å². The van der Waals surface area contributed by atoms with Crippen molar-refractivity contribution in [2.24, 2.45) is 5.84 Å². The first-order valence-corrected chi connectivity index (χ1v) is 6.96. The number of nitrogen functional groups attached to an aromatic ring is 1. The van der Waals surface area contributed by atoms with Crippen molar-refractivity contribution in [2.75, 3.05) is 12.5 Å². The van der Waals surface area contributed by atoms with E-state index in [0.29, 0.717) is 6.54 Å². The Morgan fingerprint density at radius 2 is 2.28 bits per heavy atom. The molecule has 0 aliphatic carbocycles. The number of nitrogens with two attached hydrogens (primary N) is 1. The molecular formula is C11H14BrN5S. The van der Waals surface area contributed by atoms with E-state index in [4.69, 9.17) is 5.84 Å². The fourth-order valence-corrected chi connectivity index (χ4v) is 2.61. The van der Waals surface area contributed by atoms with Gasteiger partial charge in [-0.25, -0.2) is 5.84 Å². The van der Waals surface area contributed by atoms with Crippen LogP contribution in [0.25, 0.3) is 0 Å². The van der Waals surface area contributed by atoms with Gasteiger partial charge in [-0.1, -0.05) is 32.6 Å². The standard InChI is InChI=1S/C11H14BrN5S/c1-17(6-8-3-2-4-9(12)5-8)7-10-11(14-13)18-16-15-10/h2-5,14H,6-7,13H2,1H3. The number of benzene rings is 1. The minimum atomic E-state index is 0.711. The number of rotatable bonds is 5. The Labute approximate surface area is 118 Å². The molecule has 0 atom stereocenters. The summed E-state index contributed by atoms with van der Waals surface area (Å²) in [6.45, 7) is 1.56. The molecule has 2 aromatic rings. The van der Waals surface area contributed by atoms with Gasteiger partial charge >= 0.3 is 0 Å².